The maximum atomic E-state index is 12.0. The van der Waals surface area contributed by atoms with Crippen LogP contribution in [0.3, 0.4) is 0 Å². The normalized spacial score (nSPS) is 23.6. The predicted molar refractivity (Wildman–Crippen MR) is 68.5 cm³/mol. The fourth-order valence-corrected chi connectivity index (χ4v) is 2.28. The van der Waals surface area contributed by atoms with Crippen molar-refractivity contribution in [3.8, 4) is 0 Å². The highest BCUT2D eigenvalue weighted by Gasteiger charge is 2.29. The molecule has 0 radical (unpaired) electrons. The Hall–Kier alpha value is -1.35. The van der Waals surface area contributed by atoms with Gasteiger partial charge in [-0.25, -0.2) is 0 Å². The van der Waals surface area contributed by atoms with Crippen molar-refractivity contribution < 1.29 is 4.79 Å². The summed E-state index contributed by atoms with van der Waals surface area (Å²) in [7, 11) is 0. The fourth-order valence-electron chi connectivity index (χ4n) is 2.28. The maximum Gasteiger partial charge on any atom is 0.224 e. The van der Waals surface area contributed by atoms with Gasteiger partial charge in [0, 0.05) is 13.1 Å². The summed E-state index contributed by atoms with van der Waals surface area (Å²) in [6.07, 6.45) is 0. The lowest BCUT2D eigenvalue weighted by Gasteiger charge is -2.14. The lowest BCUT2D eigenvalue weighted by atomic mass is 9.97. The average molecular weight is 232 g/mol. The number of carbonyl (C=O) groups is 1. The average Bonchev–Trinajstić information content (AvgIpc) is 2.74. The van der Waals surface area contributed by atoms with Crippen LogP contribution in [0.5, 0.6) is 0 Å². The van der Waals surface area contributed by atoms with Gasteiger partial charge in [-0.1, -0.05) is 31.2 Å². The molecule has 1 amide bonds. The van der Waals surface area contributed by atoms with E-state index in [-0.39, 0.29) is 11.8 Å². The van der Waals surface area contributed by atoms with E-state index in [1.165, 1.54) is 11.1 Å². The first kappa shape index (κ1) is 12.1. The van der Waals surface area contributed by atoms with Crippen molar-refractivity contribution in [3.63, 3.8) is 0 Å². The third-order valence-electron chi connectivity index (χ3n) is 3.57. The topological polar surface area (TPSA) is 41.1 Å². The molecule has 3 nitrogen and oxygen atoms in total. The van der Waals surface area contributed by atoms with Crippen LogP contribution < -0.4 is 10.6 Å². The molecule has 1 saturated heterocycles. The van der Waals surface area contributed by atoms with Gasteiger partial charge in [-0.15, -0.1) is 0 Å². The molecule has 0 saturated carbocycles. The smallest absolute Gasteiger partial charge is 0.224 e. The Morgan fingerprint density at radius 3 is 2.82 bits per heavy atom. The summed E-state index contributed by atoms with van der Waals surface area (Å²) in [4.78, 5) is 12.0. The molecule has 0 spiro atoms. The van der Waals surface area contributed by atoms with Gasteiger partial charge in [-0.05, 0) is 30.5 Å². The number of hydrogen-bond acceptors (Lipinski definition) is 2. The molecule has 17 heavy (non-hydrogen) atoms. The van der Waals surface area contributed by atoms with Gasteiger partial charge < -0.3 is 10.6 Å². The molecular weight excluding hydrogens is 212 g/mol. The minimum Gasteiger partial charge on any atom is -0.352 e. The molecular formula is C14H20N2O. The summed E-state index contributed by atoms with van der Waals surface area (Å²) in [6.45, 7) is 6.58. The molecule has 1 heterocycles. The van der Waals surface area contributed by atoms with Gasteiger partial charge >= 0.3 is 0 Å². The van der Waals surface area contributed by atoms with E-state index in [9.17, 15) is 4.79 Å². The second-order valence-electron chi connectivity index (χ2n) is 4.89. The van der Waals surface area contributed by atoms with Crippen LogP contribution in [0.1, 0.15) is 18.1 Å². The van der Waals surface area contributed by atoms with Crippen LogP contribution in [0, 0.1) is 18.8 Å². The van der Waals surface area contributed by atoms with E-state index in [4.69, 9.17) is 0 Å². The zero-order valence-electron chi connectivity index (χ0n) is 10.5. The third kappa shape index (κ3) is 2.86. The van der Waals surface area contributed by atoms with Gasteiger partial charge in [-0.3, -0.25) is 4.79 Å². The summed E-state index contributed by atoms with van der Waals surface area (Å²) in [5.74, 6) is 0.733. The van der Waals surface area contributed by atoms with E-state index in [2.05, 4.69) is 36.6 Å². The maximum absolute atomic E-state index is 12.0. The van der Waals surface area contributed by atoms with E-state index in [1.54, 1.807) is 0 Å². The quantitative estimate of drug-likeness (QED) is 0.828. The number of hydrogen-bond donors (Lipinski definition) is 2. The van der Waals surface area contributed by atoms with Gasteiger partial charge in [0.05, 0.1) is 5.92 Å². The fraction of sp³-hybridized carbons (Fsp3) is 0.500. The molecule has 0 aromatic heterocycles. The van der Waals surface area contributed by atoms with Crippen molar-refractivity contribution in [1.82, 2.24) is 10.6 Å². The molecule has 2 N–H and O–H groups in total. The molecule has 0 bridgehead atoms. The van der Waals surface area contributed by atoms with Gasteiger partial charge in [0.15, 0.2) is 0 Å². The SMILES string of the molecule is Cc1ccccc1CNC(=O)[C@@H]1CNC[C@H]1C. The highest BCUT2D eigenvalue weighted by atomic mass is 16.1. The molecule has 3 heteroatoms. The molecule has 0 unspecified atom stereocenters. The number of carbonyl (C=O) groups excluding carboxylic acids is 1. The molecule has 92 valence electrons. The predicted octanol–water partition coefficient (Wildman–Crippen LogP) is 1.47. The number of aryl methyl sites for hydroxylation is 1. The molecule has 1 aromatic carbocycles. The molecule has 0 aliphatic carbocycles. The first-order valence-corrected chi connectivity index (χ1v) is 6.21. The number of benzene rings is 1. The monoisotopic (exact) mass is 232 g/mol. The summed E-state index contributed by atoms with van der Waals surface area (Å²) in [5, 5.41) is 6.28. The van der Waals surface area contributed by atoms with Gasteiger partial charge in [0.2, 0.25) is 5.91 Å². The van der Waals surface area contributed by atoms with Crippen molar-refractivity contribution >= 4 is 5.91 Å². The lowest BCUT2D eigenvalue weighted by Crippen LogP contribution is -2.34. The Labute approximate surface area is 103 Å². The largest absolute Gasteiger partial charge is 0.352 e. The van der Waals surface area contributed by atoms with Crippen LogP contribution in [-0.4, -0.2) is 19.0 Å². The van der Waals surface area contributed by atoms with E-state index in [1.807, 2.05) is 12.1 Å². The van der Waals surface area contributed by atoms with Crippen LogP contribution in [0.2, 0.25) is 0 Å². The van der Waals surface area contributed by atoms with Crippen molar-refractivity contribution in [2.75, 3.05) is 13.1 Å². The van der Waals surface area contributed by atoms with E-state index in [0.29, 0.717) is 12.5 Å². The standard InChI is InChI=1S/C14H20N2O/c1-10-5-3-4-6-12(10)8-16-14(17)13-9-15-7-11(13)2/h3-6,11,13,15H,7-9H2,1-2H3,(H,16,17)/t11-,13-/m1/s1. The molecule has 2 rings (SSSR count). The summed E-state index contributed by atoms with van der Waals surface area (Å²) in [5.41, 5.74) is 2.42. The van der Waals surface area contributed by atoms with Gasteiger partial charge in [0.25, 0.3) is 0 Å². The third-order valence-corrected chi connectivity index (χ3v) is 3.57. The van der Waals surface area contributed by atoms with Crippen LogP contribution in [0.4, 0.5) is 0 Å². The Morgan fingerprint density at radius 1 is 1.41 bits per heavy atom. The van der Waals surface area contributed by atoms with Crippen LogP contribution in [0.15, 0.2) is 24.3 Å². The van der Waals surface area contributed by atoms with Crippen molar-refractivity contribution in [3.05, 3.63) is 35.4 Å². The molecule has 1 fully saturated rings. The molecule has 1 aliphatic heterocycles. The summed E-state index contributed by atoms with van der Waals surface area (Å²) < 4.78 is 0. The van der Waals surface area contributed by atoms with Crippen molar-refractivity contribution in [1.29, 1.82) is 0 Å². The minimum atomic E-state index is 0.124. The minimum absolute atomic E-state index is 0.124. The van der Waals surface area contributed by atoms with Crippen LogP contribution in [-0.2, 0) is 11.3 Å². The van der Waals surface area contributed by atoms with Gasteiger partial charge in [0.1, 0.15) is 0 Å². The second kappa shape index (κ2) is 5.32. The van der Waals surface area contributed by atoms with E-state index < -0.39 is 0 Å². The summed E-state index contributed by atoms with van der Waals surface area (Å²) in [6, 6.07) is 8.16. The first-order chi connectivity index (χ1) is 8.18. The van der Waals surface area contributed by atoms with E-state index >= 15 is 0 Å². The Morgan fingerprint density at radius 2 is 2.18 bits per heavy atom. The number of amides is 1. The first-order valence-electron chi connectivity index (χ1n) is 6.21. The second-order valence-corrected chi connectivity index (χ2v) is 4.89. The van der Waals surface area contributed by atoms with Crippen LogP contribution in [0.25, 0.3) is 0 Å². The zero-order chi connectivity index (χ0) is 12.3. The molecule has 1 aliphatic rings. The highest BCUT2D eigenvalue weighted by molar-refractivity contribution is 5.79. The highest BCUT2D eigenvalue weighted by Crippen LogP contribution is 2.16. The van der Waals surface area contributed by atoms with Crippen molar-refractivity contribution in [2.24, 2.45) is 11.8 Å². The molecule has 1 aromatic rings. The number of nitrogens with one attached hydrogen (secondary N) is 2. The van der Waals surface area contributed by atoms with Gasteiger partial charge in [-0.2, -0.15) is 0 Å². The Kier molecular flexibility index (Phi) is 3.79. The lowest BCUT2D eigenvalue weighted by molar-refractivity contribution is -0.125. The van der Waals surface area contributed by atoms with Crippen LogP contribution >= 0.6 is 0 Å². The summed E-state index contributed by atoms with van der Waals surface area (Å²) >= 11 is 0. The number of rotatable bonds is 3. The van der Waals surface area contributed by atoms with Crippen molar-refractivity contribution in [2.45, 2.75) is 20.4 Å². The van der Waals surface area contributed by atoms with E-state index in [0.717, 1.165) is 13.1 Å². The Bertz CT molecular complexity index is 403. The zero-order valence-corrected chi connectivity index (χ0v) is 10.5. The molecule has 2 atom stereocenters. The Balaban J connectivity index is 1.90.